The zero-order chi connectivity index (χ0) is 14.4. The summed E-state index contributed by atoms with van der Waals surface area (Å²) in [4.78, 5) is 24.7. The molecule has 1 unspecified atom stereocenters. The summed E-state index contributed by atoms with van der Waals surface area (Å²) in [6.07, 6.45) is 1.08. The van der Waals surface area contributed by atoms with Crippen LogP contribution in [0.3, 0.4) is 0 Å². The number of anilines is 1. The zero-order valence-corrected chi connectivity index (χ0v) is 10.6. The molecule has 0 aliphatic rings. The van der Waals surface area contributed by atoms with Crippen LogP contribution in [0.2, 0.25) is 0 Å². The van der Waals surface area contributed by atoms with Gasteiger partial charge in [-0.3, -0.25) is 10.1 Å². The third kappa shape index (κ3) is 4.18. The van der Waals surface area contributed by atoms with Crippen LogP contribution in [-0.4, -0.2) is 41.2 Å². The van der Waals surface area contributed by atoms with Gasteiger partial charge in [0.1, 0.15) is 0 Å². The maximum absolute atomic E-state index is 10.9. The summed E-state index contributed by atoms with van der Waals surface area (Å²) in [7, 11) is 1.57. The lowest BCUT2D eigenvalue weighted by Gasteiger charge is -2.12. The number of carbonyl (C=O) groups is 1. The number of hydrogen-bond donors (Lipinski definition) is 2. The maximum atomic E-state index is 10.9. The summed E-state index contributed by atoms with van der Waals surface area (Å²) in [5.41, 5.74) is -0.577. The Morgan fingerprint density at radius 3 is 2.89 bits per heavy atom. The molecule has 0 radical (unpaired) electrons. The number of aromatic carboxylic acids is 1. The Labute approximate surface area is 109 Å². The Morgan fingerprint density at radius 1 is 1.68 bits per heavy atom. The number of ether oxygens (including phenoxy) is 1. The van der Waals surface area contributed by atoms with E-state index in [2.05, 4.69) is 10.3 Å². The minimum atomic E-state index is -1.25. The van der Waals surface area contributed by atoms with Crippen LogP contribution in [0.5, 0.6) is 0 Å². The number of nitrogens with zero attached hydrogens (tertiary/aromatic N) is 2. The molecule has 19 heavy (non-hydrogen) atoms. The third-order valence-corrected chi connectivity index (χ3v) is 2.38. The molecule has 0 bridgehead atoms. The molecule has 0 aromatic carbocycles. The molecule has 0 saturated heterocycles. The van der Waals surface area contributed by atoms with Gasteiger partial charge in [-0.2, -0.15) is 0 Å². The fraction of sp³-hybridized carbons (Fsp3) is 0.455. The number of carboxylic acid groups (broad SMARTS) is 1. The second kappa shape index (κ2) is 6.64. The van der Waals surface area contributed by atoms with Crippen molar-refractivity contribution in [1.29, 1.82) is 0 Å². The van der Waals surface area contributed by atoms with E-state index in [9.17, 15) is 14.9 Å². The van der Waals surface area contributed by atoms with Gasteiger partial charge in [0.15, 0.2) is 0 Å². The standard InChI is InChI=1S/C11H15N3O5/c1-7(6-19-2)4-12-10-9(14(17)18)3-8(5-13-10)11(15)16/h3,5,7H,4,6H2,1-2H3,(H,12,13)(H,15,16). The lowest BCUT2D eigenvalue weighted by atomic mass is 10.2. The average molecular weight is 269 g/mol. The Morgan fingerprint density at radius 2 is 2.37 bits per heavy atom. The van der Waals surface area contributed by atoms with E-state index < -0.39 is 10.9 Å². The molecular weight excluding hydrogens is 254 g/mol. The average Bonchev–Trinajstić information content (AvgIpc) is 2.36. The van der Waals surface area contributed by atoms with Crippen molar-refractivity contribution >= 4 is 17.5 Å². The van der Waals surface area contributed by atoms with Crippen molar-refractivity contribution in [2.75, 3.05) is 25.6 Å². The molecule has 1 aromatic rings. The number of pyridine rings is 1. The number of nitrogens with one attached hydrogen (secondary N) is 1. The first-order valence-electron chi connectivity index (χ1n) is 5.56. The van der Waals surface area contributed by atoms with Crippen LogP contribution >= 0.6 is 0 Å². The van der Waals surface area contributed by atoms with E-state index in [-0.39, 0.29) is 23.0 Å². The molecule has 1 rings (SSSR count). The Hall–Kier alpha value is -2.22. The van der Waals surface area contributed by atoms with Crippen molar-refractivity contribution in [3.63, 3.8) is 0 Å². The number of rotatable bonds is 7. The number of nitro groups is 1. The van der Waals surface area contributed by atoms with Crippen LogP contribution < -0.4 is 5.32 Å². The second-order valence-corrected chi connectivity index (χ2v) is 4.10. The zero-order valence-electron chi connectivity index (χ0n) is 10.6. The molecule has 0 spiro atoms. The van der Waals surface area contributed by atoms with Crippen LogP contribution in [0, 0.1) is 16.0 Å². The lowest BCUT2D eigenvalue weighted by Crippen LogP contribution is -2.17. The van der Waals surface area contributed by atoms with Gasteiger partial charge >= 0.3 is 11.7 Å². The molecule has 8 heteroatoms. The minimum absolute atomic E-state index is 0.0537. The van der Waals surface area contributed by atoms with Gasteiger partial charge in [0, 0.05) is 25.9 Å². The van der Waals surface area contributed by atoms with E-state index in [1.54, 1.807) is 7.11 Å². The van der Waals surface area contributed by atoms with Crippen LogP contribution in [-0.2, 0) is 4.74 Å². The molecule has 0 fully saturated rings. The third-order valence-electron chi connectivity index (χ3n) is 2.38. The molecule has 104 valence electrons. The number of aromatic nitrogens is 1. The Balaban J connectivity index is 2.88. The fourth-order valence-corrected chi connectivity index (χ4v) is 1.46. The van der Waals surface area contributed by atoms with E-state index in [0.717, 1.165) is 12.3 Å². The van der Waals surface area contributed by atoms with Gasteiger partial charge in [-0.15, -0.1) is 0 Å². The fourth-order valence-electron chi connectivity index (χ4n) is 1.46. The van der Waals surface area contributed by atoms with Gasteiger partial charge in [-0.1, -0.05) is 6.92 Å². The van der Waals surface area contributed by atoms with Crippen molar-refractivity contribution in [1.82, 2.24) is 4.98 Å². The number of methoxy groups -OCH3 is 1. The first-order valence-corrected chi connectivity index (χ1v) is 5.56. The van der Waals surface area contributed by atoms with Gasteiger partial charge in [0.2, 0.25) is 5.82 Å². The number of hydrogen-bond acceptors (Lipinski definition) is 6. The van der Waals surface area contributed by atoms with E-state index in [1.165, 1.54) is 0 Å². The van der Waals surface area contributed by atoms with Crippen molar-refractivity contribution in [2.24, 2.45) is 5.92 Å². The second-order valence-electron chi connectivity index (χ2n) is 4.10. The highest BCUT2D eigenvalue weighted by atomic mass is 16.6. The largest absolute Gasteiger partial charge is 0.478 e. The van der Waals surface area contributed by atoms with E-state index >= 15 is 0 Å². The molecular formula is C11H15N3O5. The van der Waals surface area contributed by atoms with Crippen molar-refractivity contribution < 1.29 is 19.6 Å². The van der Waals surface area contributed by atoms with Crippen LogP contribution in [0.4, 0.5) is 11.5 Å². The Bertz CT molecular complexity index is 477. The summed E-state index contributed by atoms with van der Waals surface area (Å²) in [5, 5.41) is 22.5. The Kier molecular flexibility index (Phi) is 5.19. The summed E-state index contributed by atoms with van der Waals surface area (Å²) in [6, 6.07) is 0.985. The van der Waals surface area contributed by atoms with Gasteiger partial charge in [-0.25, -0.2) is 9.78 Å². The SMILES string of the molecule is COCC(C)CNc1ncc(C(=O)O)cc1[N+](=O)[O-]. The van der Waals surface area contributed by atoms with E-state index in [0.29, 0.717) is 13.2 Å². The van der Waals surface area contributed by atoms with Crippen LogP contribution in [0.1, 0.15) is 17.3 Å². The summed E-state index contributed by atoms with van der Waals surface area (Å²) < 4.78 is 4.95. The molecule has 0 aliphatic carbocycles. The monoisotopic (exact) mass is 269 g/mol. The molecule has 1 aromatic heterocycles. The highest BCUT2D eigenvalue weighted by Gasteiger charge is 2.19. The van der Waals surface area contributed by atoms with Crippen molar-refractivity contribution in [3.8, 4) is 0 Å². The smallest absolute Gasteiger partial charge is 0.337 e. The summed E-state index contributed by atoms with van der Waals surface area (Å²) in [6.45, 7) is 2.86. The molecule has 0 saturated carbocycles. The van der Waals surface area contributed by atoms with Gasteiger partial charge in [-0.05, 0) is 5.92 Å². The van der Waals surface area contributed by atoms with Gasteiger partial charge < -0.3 is 15.2 Å². The molecule has 8 nitrogen and oxygen atoms in total. The highest BCUT2D eigenvalue weighted by molar-refractivity contribution is 5.88. The quantitative estimate of drug-likeness (QED) is 0.567. The minimum Gasteiger partial charge on any atom is -0.478 e. The highest BCUT2D eigenvalue weighted by Crippen LogP contribution is 2.23. The molecule has 1 atom stereocenters. The molecule has 1 heterocycles. The van der Waals surface area contributed by atoms with Crippen molar-refractivity contribution in [2.45, 2.75) is 6.92 Å². The number of carboxylic acids is 1. The van der Waals surface area contributed by atoms with Gasteiger partial charge in [0.25, 0.3) is 0 Å². The van der Waals surface area contributed by atoms with E-state index in [1.807, 2.05) is 6.92 Å². The topological polar surface area (TPSA) is 115 Å². The molecule has 0 aliphatic heterocycles. The predicted octanol–water partition coefficient (Wildman–Crippen LogP) is 1.38. The normalized spacial score (nSPS) is 11.9. The lowest BCUT2D eigenvalue weighted by molar-refractivity contribution is -0.384. The first kappa shape index (κ1) is 14.8. The molecule has 2 N–H and O–H groups in total. The van der Waals surface area contributed by atoms with Crippen LogP contribution in [0.15, 0.2) is 12.3 Å². The van der Waals surface area contributed by atoms with Gasteiger partial charge in [0.05, 0.1) is 17.1 Å². The van der Waals surface area contributed by atoms with Crippen LogP contribution in [0.25, 0.3) is 0 Å². The van der Waals surface area contributed by atoms with Crippen molar-refractivity contribution in [3.05, 3.63) is 27.9 Å². The summed E-state index contributed by atoms with van der Waals surface area (Å²) >= 11 is 0. The van der Waals surface area contributed by atoms with E-state index in [4.69, 9.17) is 9.84 Å². The maximum Gasteiger partial charge on any atom is 0.337 e. The molecule has 0 amide bonds. The summed E-state index contributed by atoms with van der Waals surface area (Å²) in [5.74, 6) is -1.06. The predicted molar refractivity (Wildman–Crippen MR) is 67.4 cm³/mol. The first-order chi connectivity index (χ1) is 8.95.